The highest BCUT2D eigenvalue weighted by Gasteiger charge is 2.18. The van der Waals surface area contributed by atoms with Crippen LogP contribution in [-0.2, 0) is 0 Å². The highest BCUT2D eigenvalue weighted by Crippen LogP contribution is 2.32. The van der Waals surface area contributed by atoms with Crippen LogP contribution < -0.4 is 0 Å². The van der Waals surface area contributed by atoms with Gasteiger partial charge in [-0.05, 0) is 37.1 Å². The van der Waals surface area contributed by atoms with Gasteiger partial charge in [-0.25, -0.2) is 0 Å². The molecule has 0 unspecified atom stereocenters. The Labute approximate surface area is 132 Å². The number of fused-ring (bicyclic) bond motifs is 1. The van der Waals surface area contributed by atoms with Crippen LogP contribution in [0.4, 0.5) is 0 Å². The Morgan fingerprint density at radius 1 is 1.10 bits per heavy atom. The molecule has 0 bridgehead atoms. The van der Waals surface area contributed by atoms with Crippen molar-refractivity contribution in [3.8, 4) is 0 Å². The van der Waals surface area contributed by atoms with Crippen LogP contribution in [0, 0.1) is 13.8 Å². The van der Waals surface area contributed by atoms with Gasteiger partial charge < -0.3 is 4.98 Å². The standard InChI is InChI=1S/C17H13Cl2NO/c1-9-4-3-5-12(10(9)2)17(21)13-8-20-15-7-11(18)6-14(19)16(13)15/h3-8,20H,1-2H3. The number of benzene rings is 2. The molecule has 2 nitrogen and oxygen atoms in total. The number of carbonyl (C=O) groups is 1. The van der Waals surface area contributed by atoms with E-state index in [0.29, 0.717) is 26.6 Å². The van der Waals surface area contributed by atoms with Gasteiger partial charge >= 0.3 is 0 Å². The van der Waals surface area contributed by atoms with E-state index in [9.17, 15) is 4.79 Å². The van der Waals surface area contributed by atoms with Crippen molar-refractivity contribution in [1.29, 1.82) is 0 Å². The molecule has 1 heterocycles. The van der Waals surface area contributed by atoms with E-state index in [1.807, 2.05) is 32.0 Å². The third-order valence-corrected chi connectivity index (χ3v) is 4.31. The molecule has 1 aromatic heterocycles. The van der Waals surface area contributed by atoms with Gasteiger partial charge in [0.15, 0.2) is 5.78 Å². The van der Waals surface area contributed by atoms with Crippen molar-refractivity contribution >= 4 is 39.9 Å². The van der Waals surface area contributed by atoms with Gasteiger partial charge in [0.25, 0.3) is 0 Å². The van der Waals surface area contributed by atoms with Crippen molar-refractivity contribution < 1.29 is 4.79 Å². The monoisotopic (exact) mass is 317 g/mol. The summed E-state index contributed by atoms with van der Waals surface area (Å²) < 4.78 is 0. The number of hydrogen-bond donors (Lipinski definition) is 1. The lowest BCUT2D eigenvalue weighted by Crippen LogP contribution is -2.04. The van der Waals surface area contributed by atoms with Crippen molar-refractivity contribution in [3.63, 3.8) is 0 Å². The quantitative estimate of drug-likeness (QED) is 0.637. The van der Waals surface area contributed by atoms with Crippen LogP contribution in [0.5, 0.6) is 0 Å². The summed E-state index contributed by atoms with van der Waals surface area (Å²) in [5.41, 5.74) is 4.11. The van der Waals surface area contributed by atoms with Crippen LogP contribution in [0.2, 0.25) is 10.0 Å². The molecule has 21 heavy (non-hydrogen) atoms. The Balaban J connectivity index is 2.21. The van der Waals surface area contributed by atoms with Gasteiger partial charge in [0.05, 0.1) is 5.02 Å². The molecule has 0 amide bonds. The average molecular weight is 318 g/mol. The number of rotatable bonds is 2. The van der Waals surface area contributed by atoms with Gasteiger partial charge in [-0.15, -0.1) is 0 Å². The predicted molar refractivity (Wildman–Crippen MR) is 87.7 cm³/mol. The number of hydrogen-bond acceptors (Lipinski definition) is 1. The molecule has 4 heteroatoms. The highest BCUT2D eigenvalue weighted by molar-refractivity contribution is 6.40. The van der Waals surface area contributed by atoms with Crippen LogP contribution in [0.15, 0.2) is 36.5 Å². The Bertz CT molecular complexity index is 865. The molecule has 0 aliphatic carbocycles. The topological polar surface area (TPSA) is 32.9 Å². The summed E-state index contributed by atoms with van der Waals surface area (Å²) in [5.74, 6) is -0.0355. The van der Waals surface area contributed by atoms with E-state index in [0.717, 1.165) is 16.6 Å². The van der Waals surface area contributed by atoms with E-state index in [1.54, 1.807) is 18.3 Å². The predicted octanol–water partition coefficient (Wildman–Crippen LogP) is 5.32. The van der Waals surface area contributed by atoms with E-state index in [4.69, 9.17) is 23.2 Å². The number of H-pyrrole nitrogens is 1. The third kappa shape index (κ3) is 2.35. The lowest BCUT2D eigenvalue weighted by Gasteiger charge is -2.07. The maximum absolute atomic E-state index is 12.8. The number of aromatic nitrogens is 1. The number of ketones is 1. The maximum Gasteiger partial charge on any atom is 0.195 e. The Kier molecular flexibility index (Phi) is 3.52. The molecule has 3 rings (SSSR count). The Morgan fingerprint density at radius 3 is 2.62 bits per heavy atom. The molecule has 1 N–H and O–H groups in total. The van der Waals surface area contributed by atoms with Crippen LogP contribution in [0.3, 0.4) is 0 Å². The summed E-state index contributed by atoms with van der Waals surface area (Å²) in [7, 11) is 0. The Morgan fingerprint density at radius 2 is 1.86 bits per heavy atom. The number of aryl methyl sites for hydroxylation is 1. The molecule has 0 spiro atoms. The van der Waals surface area contributed by atoms with Gasteiger partial charge in [-0.2, -0.15) is 0 Å². The zero-order valence-corrected chi connectivity index (χ0v) is 13.1. The lowest BCUT2D eigenvalue weighted by molar-refractivity contribution is 0.103. The molecule has 0 aliphatic heterocycles. The van der Waals surface area contributed by atoms with E-state index < -0.39 is 0 Å². The Hall–Kier alpha value is -1.77. The molecule has 0 saturated heterocycles. The van der Waals surface area contributed by atoms with Crippen molar-refractivity contribution in [2.75, 3.05) is 0 Å². The number of aromatic amines is 1. The lowest BCUT2D eigenvalue weighted by atomic mass is 9.96. The number of nitrogens with one attached hydrogen (secondary N) is 1. The zero-order chi connectivity index (χ0) is 15.1. The van der Waals surface area contributed by atoms with Crippen LogP contribution in [0.1, 0.15) is 27.0 Å². The third-order valence-electron chi connectivity index (χ3n) is 3.79. The zero-order valence-electron chi connectivity index (χ0n) is 11.6. The maximum atomic E-state index is 12.8. The van der Waals surface area contributed by atoms with Gasteiger partial charge in [0.1, 0.15) is 0 Å². The summed E-state index contributed by atoms with van der Waals surface area (Å²) >= 11 is 12.2. The molecular formula is C17H13Cl2NO. The molecule has 3 aromatic rings. The van der Waals surface area contributed by atoms with Crippen molar-refractivity contribution in [1.82, 2.24) is 4.98 Å². The van der Waals surface area contributed by atoms with E-state index in [1.165, 1.54) is 0 Å². The minimum Gasteiger partial charge on any atom is -0.360 e. The van der Waals surface area contributed by atoms with Crippen LogP contribution in [-0.4, -0.2) is 10.8 Å². The molecule has 0 aliphatic rings. The first-order valence-electron chi connectivity index (χ1n) is 6.56. The fourth-order valence-electron chi connectivity index (χ4n) is 2.50. The van der Waals surface area contributed by atoms with Crippen molar-refractivity contribution in [2.45, 2.75) is 13.8 Å². The van der Waals surface area contributed by atoms with E-state index in [2.05, 4.69) is 4.98 Å². The molecule has 0 saturated carbocycles. The summed E-state index contributed by atoms with van der Waals surface area (Å²) in [5, 5.41) is 1.74. The average Bonchev–Trinajstić information content (AvgIpc) is 2.85. The first-order valence-corrected chi connectivity index (χ1v) is 7.31. The van der Waals surface area contributed by atoms with E-state index in [-0.39, 0.29) is 5.78 Å². The second kappa shape index (κ2) is 5.21. The first kappa shape index (κ1) is 14.2. The fraction of sp³-hybridized carbons (Fsp3) is 0.118. The van der Waals surface area contributed by atoms with Gasteiger partial charge in [0.2, 0.25) is 0 Å². The van der Waals surface area contributed by atoms with Crippen molar-refractivity contribution in [2.24, 2.45) is 0 Å². The highest BCUT2D eigenvalue weighted by atomic mass is 35.5. The number of halogens is 2. The van der Waals surface area contributed by atoms with Gasteiger partial charge in [-0.3, -0.25) is 4.79 Å². The molecule has 0 radical (unpaired) electrons. The van der Waals surface area contributed by atoms with Crippen LogP contribution >= 0.6 is 23.2 Å². The van der Waals surface area contributed by atoms with Gasteiger partial charge in [0, 0.05) is 33.2 Å². The summed E-state index contributed by atoms with van der Waals surface area (Å²) in [6.07, 6.45) is 1.69. The summed E-state index contributed by atoms with van der Waals surface area (Å²) in [6, 6.07) is 9.14. The summed E-state index contributed by atoms with van der Waals surface area (Å²) in [6.45, 7) is 3.95. The fourth-order valence-corrected chi connectivity index (χ4v) is 3.10. The minimum absolute atomic E-state index is 0.0355. The SMILES string of the molecule is Cc1cccc(C(=O)c2c[nH]c3cc(Cl)cc(Cl)c23)c1C. The smallest absolute Gasteiger partial charge is 0.195 e. The number of carbonyl (C=O) groups excluding carboxylic acids is 1. The molecule has 2 aromatic carbocycles. The molecule has 106 valence electrons. The molecule has 0 fully saturated rings. The second-order valence-electron chi connectivity index (χ2n) is 5.09. The van der Waals surface area contributed by atoms with Gasteiger partial charge in [-0.1, -0.05) is 41.4 Å². The normalized spacial score (nSPS) is 11.0. The second-order valence-corrected chi connectivity index (χ2v) is 5.93. The van der Waals surface area contributed by atoms with Crippen molar-refractivity contribution in [3.05, 3.63) is 68.8 Å². The largest absolute Gasteiger partial charge is 0.360 e. The first-order chi connectivity index (χ1) is 9.99. The van der Waals surface area contributed by atoms with Crippen LogP contribution in [0.25, 0.3) is 10.9 Å². The summed E-state index contributed by atoms with van der Waals surface area (Å²) in [4.78, 5) is 15.9. The minimum atomic E-state index is -0.0355. The molecular weight excluding hydrogens is 305 g/mol. The molecule has 0 atom stereocenters. The van der Waals surface area contributed by atoms with E-state index >= 15 is 0 Å².